The van der Waals surface area contributed by atoms with E-state index in [2.05, 4.69) is 212 Å². The zero-order valence-corrected chi connectivity index (χ0v) is 35.8. The minimum Gasteiger partial charge on any atom is -0.309 e. The second-order valence-corrected chi connectivity index (χ2v) is 19.9. The molecule has 11 rings (SSSR count). The lowest BCUT2D eigenvalue weighted by Gasteiger charge is -2.34. The average molecular weight is 823 g/mol. The van der Waals surface area contributed by atoms with Gasteiger partial charge in [-0.05, 0) is 75.2 Å². The first-order valence-electron chi connectivity index (χ1n) is 21.4. The molecule has 2 heterocycles. The van der Waals surface area contributed by atoms with E-state index in [4.69, 9.17) is 15.0 Å². The summed E-state index contributed by atoms with van der Waals surface area (Å²) in [5, 5.41) is 7.80. The monoisotopic (exact) mass is 822 g/mol. The van der Waals surface area contributed by atoms with Crippen LogP contribution in [0, 0.1) is 6.92 Å². The number of aromatic nitrogens is 4. The molecule has 9 aromatic carbocycles. The van der Waals surface area contributed by atoms with Crippen molar-refractivity contribution in [2.24, 2.45) is 0 Å². The smallest absolute Gasteiger partial charge is 0.179 e. The molecule has 0 unspecified atom stereocenters. The molecule has 298 valence electrons. The van der Waals surface area contributed by atoms with Crippen LogP contribution in [0.4, 0.5) is 0 Å². The van der Waals surface area contributed by atoms with Gasteiger partial charge in [0.1, 0.15) is 0 Å². The van der Waals surface area contributed by atoms with Crippen LogP contribution in [0.25, 0.3) is 72.8 Å². The van der Waals surface area contributed by atoms with Crippen molar-refractivity contribution >= 4 is 50.6 Å². The maximum absolute atomic E-state index is 5.21. The summed E-state index contributed by atoms with van der Waals surface area (Å²) in [7, 11) is -2.72. The fourth-order valence-electron chi connectivity index (χ4n) is 9.32. The highest BCUT2D eigenvalue weighted by Crippen LogP contribution is 2.36. The maximum Gasteiger partial charge on any atom is 0.179 e. The lowest BCUT2D eigenvalue weighted by atomic mass is 10.0. The van der Waals surface area contributed by atoms with E-state index in [0.29, 0.717) is 17.5 Å². The molecule has 11 aromatic rings. The molecule has 0 spiro atoms. The summed E-state index contributed by atoms with van der Waals surface area (Å²) in [6, 6.07) is 85.2. The van der Waals surface area contributed by atoms with Crippen molar-refractivity contribution in [3.8, 4) is 51.0 Å². The molecule has 0 aliphatic heterocycles. The van der Waals surface area contributed by atoms with E-state index < -0.39 is 8.07 Å². The highest BCUT2D eigenvalue weighted by Gasteiger charge is 2.41. The molecule has 0 aliphatic rings. The zero-order valence-electron chi connectivity index (χ0n) is 34.8. The first kappa shape index (κ1) is 38.0. The molecule has 0 N–H and O–H groups in total. The summed E-state index contributed by atoms with van der Waals surface area (Å²) in [4.78, 5) is 15.5. The minimum atomic E-state index is -2.72. The fourth-order valence-corrected chi connectivity index (χ4v) is 14.1. The molecular weight excluding hydrogens is 781 g/mol. The third-order valence-corrected chi connectivity index (χ3v) is 17.0. The van der Waals surface area contributed by atoms with Crippen molar-refractivity contribution in [1.29, 1.82) is 0 Å². The van der Waals surface area contributed by atoms with Gasteiger partial charge in [0, 0.05) is 33.2 Å². The molecular formula is C58H42N4Si. The first-order chi connectivity index (χ1) is 31.1. The molecule has 0 radical (unpaired) electrons. The number of rotatable bonds is 9. The van der Waals surface area contributed by atoms with Gasteiger partial charge >= 0.3 is 0 Å². The van der Waals surface area contributed by atoms with Crippen molar-refractivity contribution in [1.82, 2.24) is 19.5 Å². The molecule has 0 atom stereocenters. The normalized spacial score (nSPS) is 11.6. The second-order valence-electron chi connectivity index (χ2n) is 16.1. The zero-order chi connectivity index (χ0) is 42.2. The van der Waals surface area contributed by atoms with Crippen LogP contribution in [-0.2, 0) is 0 Å². The molecule has 2 aromatic heterocycles. The highest BCUT2D eigenvalue weighted by molar-refractivity contribution is 7.19. The van der Waals surface area contributed by atoms with Crippen LogP contribution >= 0.6 is 0 Å². The molecule has 63 heavy (non-hydrogen) atoms. The topological polar surface area (TPSA) is 43.6 Å². The van der Waals surface area contributed by atoms with Crippen molar-refractivity contribution in [2.75, 3.05) is 0 Å². The molecule has 0 aliphatic carbocycles. The summed E-state index contributed by atoms with van der Waals surface area (Å²) >= 11 is 0. The molecule has 5 heteroatoms. The van der Waals surface area contributed by atoms with Crippen molar-refractivity contribution in [2.45, 2.75) is 6.92 Å². The summed E-state index contributed by atoms with van der Waals surface area (Å²) in [6.45, 7) is 2.16. The Hall–Kier alpha value is -7.99. The molecule has 0 fully saturated rings. The van der Waals surface area contributed by atoms with Crippen LogP contribution in [0.2, 0.25) is 0 Å². The number of benzene rings is 9. The molecule has 0 saturated heterocycles. The summed E-state index contributed by atoms with van der Waals surface area (Å²) < 4.78 is 2.39. The van der Waals surface area contributed by atoms with Gasteiger partial charge in [-0.15, -0.1) is 0 Å². The van der Waals surface area contributed by atoms with E-state index in [1.807, 2.05) is 36.4 Å². The van der Waals surface area contributed by atoms with E-state index in [1.165, 1.54) is 37.1 Å². The Morgan fingerprint density at radius 3 is 1.29 bits per heavy atom. The number of hydrogen-bond donors (Lipinski definition) is 0. The fraction of sp³-hybridized carbons (Fsp3) is 0.0172. The Balaban J connectivity index is 1.15. The summed E-state index contributed by atoms with van der Waals surface area (Å²) in [5.41, 5.74) is 9.51. The maximum atomic E-state index is 5.21. The largest absolute Gasteiger partial charge is 0.309 e. The van der Waals surface area contributed by atoms with E-state index in [1.54, 1.807) is 0 Å². The molecule has 0 bridgehead atoms. The van der Waals surface area contributed by atoms with Gasteiger partial charge in [0.05, 0.1) is 11.0 Å². The van der Waals surface area contributed by atoms with Gasteiger partial charge in [-0.3, -0.25) is 0 Å². The predicted octanol–water partition coefficient (Wildman–Crippen LogP) is 11.3. The lowest BCUT2D eigenvalue weighted by molar-refractivity contribution is 1.07. The Morgan fingerprint density at radius 2 is 0.746 bits per heavy atom. The number of fused-ring (bicyclic) bond motifs is 3. The number of nitrogens with zero attached hydrogens (tertiary/aromatic N) is 4. The van der Waals surface area contributed by atoms with Gasteiger partial charge in [-0.2, -0.15) is 0 Å². The van der Waals surface area contributed by atoms with Gasteiger partial charge in [-0.25, -0.2) is 15.0 Å². The number of aryl methyl sites for hydroxylation is 1. The molecule has 0 amide bonds. The Morgan fingerprint density at radius 1 is 0.317 bits per heavy atom. The van der Waals surface area contributed by atoms with E-state index in [-0.39, 0.29) is 0 Å². The standard InChI is InChI=1S/C58H42N4Si/c1-41-31-36-55-53(37-41)52-29-17-18-30-54(52)62(55)47-39-45(38-46(40-47)58-60-56(43-19-7-2-8-20-43)59-57(61-58)44-21-9-3-10-22-44)42-32-34-51(35-33-42)63(48-23-11-4-12-24-48,49-25-13-5-14-26-49)50-27-15-6-16-28-50/h2-40H,1H3. The van der Waals surface area contributed by atoms with E-state index in [9.17, 15) is 0 Å². The first-order valence-corrected chi connectivity index (χ1v) is 23.4. The van der Waals surface area contributed by atoms with Gasteiger partial charge in [0.25, 0.3) is 0 Å². The quantitative estimate of drug-likeness (QED) is 0.108. The molecule has 4 nitrogen and oxygen atoms in total. The van der Waals surface area contributed by atoms with Crippen molar-refractivity contribution in [3.05, 3.63) is 242 Å². The Labute approximate surface area is 368 Å². The van der Waals surface area contributed by atoms with Crippen LogP contribution in [-0.4, -0.2) is 27.6 Å². The van der Waals surface area contributed by atoms with Gasteiger partial charge in [-0.1, -0.05) is 206 Å². The highest BCUT2D eigenvalue weighted by atomic mass is 28.3. The SMILES string of the molecule is Cc1ccc2c(c1)c1ccccc1n2-c1cc(-c2ccc([Si](c3ccccc3)(c3ccccc3)c3ccccc3)cc2)cc(-c2nc(-c3ccccc3)nc(-c3ccccc3)n2)c1. The van der Waals surface area contributed by atoms with Crippen molar-refractivity contribution in [3.63, 3.8) is 0 Å². The van der Waals surface area contributed by atoms with E-state index >= 15 is 0 Å². The summed E-state index contributed by atoms with van der Waals surface area (Å²) in [6.07, 6.45) is 0. The van der Waals surface area contributed by atoms with Crippen LogP contribution in [0.3, 0.4) is 0 Å². The number of hydrogen-bond acceptors (Lipinski definition) is 3. The Kier molecular flexibility index (Phi) is 9.72. The van der Waals surface area contributed by atoms with Gasteiger partial charge in [0.2, 0.25) is 0 Å². The second kappa shape index (κ2) is 16.1. The average Bonchev–Trinajstić information content (AvgIpc) is 3.69. The Bertz CT molecular complexity index is 3220. The summed E-state index contributed by atoms with van der Waals surface area (Å²) in [5.74, 6) is 1.88. The van der Waals surface area contributed by atoms with Gasteiger partial charge < -0.3 is 4.57 Å². The van der Waals surface area contributed by atoms with Crippen LogP contribution < -0.4 is 20.7 Å². The molecule has 0 saturated carbocycles. The minimum absolute atomic E-state index is 0.614. The predicted molar refractivity (Wildman–Crippen MR) is 264 cm³/mol. The van der Waals surface area contributed by atoms with Crippen LogP contribution in [0.15, 0.2) is 237 Å². The van der Waals surface area contributed by atoms with Gasteiger partial charge in [0.15, 0.2) is 25.5 Å². The third kappa shape index (κ3) is 6.85. The third-order valence-electron chi connectivity index (χ3n) is 12.2. The van der Waals surface area contributed by atoms with Crippen molar-refractivity contribution < 1.29 is 0 Å². The van der Waals surface area contributed by atoms with E-state index in [0.717, 1.165) is 44.5 Å². The number of para-hydroxylation sites is 1. The lowest BCUT2D eigenvalue weighted by Crippen LogP contribution is -2.74. The van der Waals surface area contributed by atoms with Crippen LogP contribution in [0.1, 0.15) is 5.56 Å². The van der Waals surface area contributed by atoms with Crippen LogP contribution in [0.5, 0.6) is 0 Å².